The molecule has 0 heterocycles. The first kappa shape index (κ1) is 12.0. The molecule has 2 atom stereocenters. The molecule has 1 aliphatic carbocycles. The number of rotatable bonds is 7. The van der Waals surface area contributed by atoms with Gasteiger partial charge in [0.2, 0.25) is 0 Å². The van der Waals surface area contributed by atoms with Gasteiger partial charge in [0.15, 0.2) is 0 Å². The molecule has 0 spiro atoms. The zero-order valence-corrected chi connectivity index (χ0v) is 9.62. The molecule has 14 heavy (non-hydrogen) atoms. The minimum Gasteiger partial charge on any atom is -0.377 e. The molecule has 1 rings (SSSR count). The number of hydrogen-bond acceptors (Lipinski definition) is 3. The van der Waals surface area contributed by atoms with Crippen molar-refractivity contribution in [2.24, 2.45) is 17.7 Å². The molecule has 3 nitrogen and oxygen atoms in total. The third kappa shape index (κ3) is 3.56. The van der Waals surface area contributed by atoms with Gasteiger partial charge in [-0.3, -0.25) is 11.3 Å². The van der Waals surface area contributed by atoms with Crippen LogP contribution in [0.3, 0.4) is 0 Å². The monoisotopic (exact) mass is 200 g/mol. The molecule has 1 aliphatic rings. The Hall–Kier alpha value is -0.120. The first-order valence-electron chi connectivity index (χ1n) is 5.76. The largest absolute Gasteiger partial charge is 0.377 e. The van der Waals surface area contributed by atoms with Gasteiger partial charge in [0.25, 0.3) is 0 Å². The Bertz CT molecular complexity index is 157. The fourth-order valence-corrected chi connectivity index (χ4v) is 2.00. The van der Waals surface area contributed by atoms with Crippen molar-refractivity contribution in [1.82, 2.24) is 5.43 Å². The van der Waals surface area contributed by atoms with Crippen LogP contribution in [0.2, 0.25) is 0 Å². The van der Waals surface area contributed by atoms with E-state index < -0.39 is 0 Å². The molecule has 0 aromatic rings. The standard InChI is InChI=1S/C11H24N2O/c1-4-14-11(9-5-6-9)10(13-12)7-8(2)3/h8-11,13H,4-7,12H2,1-3H3. The summed E-state index contributed by atoms with van der Waals surface area (Å²) < 4.78 is 5.78. The van der Waals surface area contributed by atoms with E-state index in [4.69, 9.17) is 10.6 Å². The van der Waals surface area contributed by atoms with Gasteiger partial charge in [-0.25, -0.2) is 0 Å². The van der Waals surface area contributed by atoms with Crippen molar-refractivity contribution < 1.29 is 4.74 Å². The van der Waals surface area contributed by atoms with Crippen molar-refractivity contribution in [3.05, 3.63) is 0 Å². The number of nitrogens with one attached hydrogen (secondary N) is 1. The van der Waals surface area contributed by atoms with Crippen molar-refractivity contribution in [3.63, 3.8) is 0 Å². The number of ether oxygens (including phenoxy) is 1. The van der Waals surface area contributed by atoms with Crippen LogP contribution in [0.25, 0.3) is 0 Å². The molecule has 0 saturated heterocycles. The number of hydrogen-bond donors (Lipinski definition) is 2. The van der Waals surface area contributed by atoms with Gasteiger partial charge in [-0.2, -0.15) is 0 Å². The molecule has 3 heteroatoms. The third-order valence-electron chi connectivity index (χ3n) is 2.78. The van der Waals surface area contributed by atoms with E-state index >= 15 is 0 Å². The van der Waals surface area contributed by atoms with Gasteiger partial charge >= 0.3 is 0 Å². The van der Waals surface area contributed by atoms with Crippen molar-refractivity contribution >= 4 is 0 Å². The van der Waals surface area contributed by atoms with Gasteiger partial charge in [0.05, 0.1) is 6.10 Å². The molecule has 0 aromatic carbocycles. The molecule has 0 amide bonds. The normalized spacial score (nSPS) is 21.2. The van der Waals surface area contributed by atoms with Crippen LogP contribution in [0.4, 0.5) is 0 Å². The van der Waals surface area contributed by atoms with Crippen LogP contribution in [0, 0.1) is 11.8 Å². The Kier molecular flexibility index (Phi) is 4.85. The molecular weight excluding hydrogens is 176 g/mol. The molecule has 0 aromatic heterocycles. The highest BCUT2D eigenvalue weighted by Crippen LogP contribution is 2.36. The van der Waals surface area contributed by atoms with Crippen molar-refractivity contribution in [1.29, 1.82) is 0 Å². The van der Waals surface area contributed by atoms with E-state index in [0.717, 1.165) is 18.9 Å². The predicted molar refractivity (Wildman–Crippen MR) is 58.7 cm³/mol. The summed E-state index contributed by atoms with van der Waals surface area (Å²) in [5, 5.41) is 0. The van der Waals surface area contributed by atoms with Gasteiger partial charge in [-0.05, 0) is 38.0 Å². The minimum atomic E-state index is 0.322. The lowest BCUT2D eigenvalue weighted by Gasteiger charge is -2.27. The van der Waals surface area contributed by atoms with Crippen molar-refractivity contribution in [3.8, 4) is 0 Å². The van der Waals surface area contributed by atoms with Crippen molar-refractivity contribution in [2.45, 2.75) is 52.2 Å². The minimum absolute atomic E-state index is 0.322. The summed E-state index contributed by atoms with van der Waals surface area (Å²) in [6.07, 6.45) is 4.03. The van der Waals surface area contributed by atoms with E-state index in [9.17, 15) is 0 Å². The topological polar surface area (TPSA) is 47.3 Å². The average Bonchev–Trinajstić information content (AvgIpc) is 2.93. The Balaban J connectivity index is 2.44. The number of nitrogens with two attached hydrogens (primary N) is 1. The maximum Gasteiger partial charge on any atom is 0.0769 e. The molecule has 3 N–H and O–H groups in total. The van der Waals surface area contributed by atoms with E-state index in [-0.39, 0.29) is 0 Å². The van der Waals surface area contributed by atoms with Gasteiger partial charge in [0, 0.05) is 12.6 Å². The molecular formula is C11H24N2O. The van der Waals surface area contributed by atoms with Gasteiger partial charge in [-0.15, -0.1) is 0 Å². The first-order chi connectivity index (χ1) is 6.69. The highest BCUT2D eigenvalue weighted by molar-refractivity contribution is 4.89. The predicted octanol–water partition coefficient (Wildman–Crippen LogP) is 1.68. The van der Waals surface area contributed by atoms with Crippen LogP contribution in [0.15, 0.2) is 0 Å². The lowest BCUT2D eigenvalue weighted by molar-refractivity contribution is 0.0139. The van der Waals surface area contributed by atoms with Gasteiger partial charge in [0.1, 0.15) is 0 Å². The molecule has 0 bridgehead atoms. The third-order valence-corrected chi connectivity index (χ3v) is 2.78. The zero-order valence-electron chi connectivity index (χ0n) is 9.62. The Morgan fingerprint density at radius 2 is 2.07 bits per heavy atom. The van der Waals surface area contributed by atoms with Crippen LogP contribution in [-0.4, -0.2) is 18.8 Å². The second-order valence-electron chi connectivity index (χ2n) is 4.66. The first-order valence-corrected chi connectivity index (χ1v) is 5.76. The van der Waals surface area contributed by atoms with Crippen LogP contribution in [0.5, 0.6) is 0 Å². The second-order valence-corrected chi connectivity index (χ2v) is 4.66. The molecule has 1 saturated carbocycles. The summed E-state index contributed by atoms with van der Waals surface area (Å²) in [6, 6.07) is 0.322. The van der Waals surface area contributed by atoms with Crippen LogP contribution >= 0.6 is 0 Å². The quantitative estimate of drug-likeness (QED) is 0.485. The summed E-state index contributed by atoms with van der Waals surface area (Å²) in [6.45, 7) is 7.29. The lowest BCUT2D eigenvalue weighted by atomic mass is 9.97. The van der Waals surface area contributed by atoms with Crippen LogP contribution in [-0.2, 0) is 4.74 Å². The number of hydrazine groups is 1. The summed E-state index contributed by atoms with van der Waals surface area (Å²) in [5.41, 5.74) is 2.91. The van der Waals surface area contributed by atoms with E-state index in [1.807, 2.05) is 0 Å². The fourth-order valence-electron chi connectivity index (χ4n) is 2.00. The highest BCUT2D eigenvalue weighted by atomic mass is 16.5. The summed E-state index contributed by atoms with van der Waals surface area (Å²) in [5.74, 6) is 7.00. The van der Waals surface area contributed by atoms with Crippen molar-refractivity contribution in [2.75, 3.05) is 6.61 Å². The SMILES string of the molecule is CCOC(C1CC1)C(CC(C)C)NN. The average molecular weight is 200 g/mol. The fraction of sp³-hybridized carbons (Fsp3) is 1.00. The zero-order chi connectivity index (χ0) is 10.6. The Morgan fingerprint density at radius 3 is 2.43 bits per heavy atom. The second kappa shape index (κ2) is 5.69. The molecule has 0 aliphatic heterocycles. The summed E-state index contributed by atoms with van der Waals surface area (Å²) >= 11 is 0. The maximum absolute atomic E-state index is 5.78. The van der Waals surface area contributed by atoms with E-state index in [1.165, 1.54) is 12.8 Å². The lowest BCUT2D eigenvalue weighted by Crippen LogP contribution is -2.47. The van der Waals surface area contributed by atoms with E-state index in [0.29, 0.717) is 18.1 Å². The molecule has 84 valence electrons. The summed E-state index contributed by atoms with van der Waals surface area (Å²) in [7, 11) is 0. The Morgan fingerprint density at radius 1 is 1.43 bits per heavy atom. The smallest absolute Gasteiger partial charge is 0.0769 e. The van der Waals surface area contributed by atoms with Crippen LogP contribution < -0.4 is 11.3 Å². The van der Waals surface area contributed by atoms with Gasteiger partial charge < -0.3 is 4.74 Å². The van der Waals surface area contributed by atoms with E-state index in [1.54, 1.807) is 0 Å². The maximum atomic E-state index is 5.78. The Labute approximate surface area is 87.4 Å². The molecule has 2 unspecified atom stereocenters. The highest BCUT2D eigenvalue weighted by Gasteiger charge is 2.36. The van der Waals surface area contributed by atoms with Gasteiger partial charge in [-0.1, -0.05) is 13.8 Å². The van der Waals surface area contributed by atoms with Crippen LogP contribution in [0.1, 0.15) is 40.0 Å². The molecule has 0 radical (unpaired) electrons. The van der Waals surface area contributed by atoms with E-state index in [2.05, 4.69) is 26.2 Å². The molecule has 1 fully saturated rings. The summed E-state index contributed by atoms with van der Waals surface area (Å²) in [4.78, 5) is 0.